The number of nitrogens with one attached hydrogen (secondary N) is 1. The summed E-state index contributed by atoms with van der Waals surface area (Å²) in [5.41, 5.74) is 0.423. The summed E-state index contributed by atoms with van der Waals surface area (Å²) in [6.07, 6.45) is 1.25. The Morgan fingerprint density at radius 2 is 2.05 bits per heavy atom. The van der Waals surface area contributed by atoms with Gasteiger partial charge in [-0.3, -0.25) is 4.99 Å². The van der Waals surface area contributed by atoms with Crippen LogP contribution in [0.2, 0.25) is 0 Å². The van der Waals surface area contributed by atoms with Crippen molar-refractivity contribution in [2.45, 2.75) is 40.2 Å². The van der Waals surface area contributed by atoms with Gasteiger partial charge in [0, 0.05) is 39.3 Å². The zero-order valence-corrected chi connectivity index (χ0v) is 15.7. The number of nitrogens with zero attached hydrogens (tertiary/aromatic N) is 3. The molecule has 0 unspecified atom stereocenters. The quantitative estimate of drug-likeness (QED) is 0.460. The number of halogens is 1. The van der Waals surface area contributed by atoms with Crippen LogP contribution < -0.4 is 5.32 Å². The van der Waals surface area contributed by atoms with Crippen molar-refractivity contribution in [1.29, 1.82) is 0 Å². The van der Waals surface area contributed by atoms with Gasteiger partial charge in [0.05, 0.1) is 0 Å². The monoisotopic (exact) mass is 382 g/mol. The van der Waals surface area contributed by atoms with E-state index in [-0.39, 0.29) is 24.0 Å². The van der Waals surface area contributed by atoms with E-state index in [1.54, 1.807) is 0 Å². The van der Waals surface area contributed by atoms with Crippen molar-refractivity contribution in [2.24, 2.45) is 10.4 Å². The van der Waals surface area contributed by atoms with E-state index in [0.717, 1.165) is 32.1 Å². The van der Waals surface area contributed by atoms with Gasteiger partial charge >= 0.3 is 0 Å². The third-order valence-electron chi connectivity index (χ3n) is 3.82. The lowest BCUT2D eigenvalue weighted by atomic mass is 9.93. The van der Waals surface area contributed by atoms with Gasteiger partial charge in [-0.15, -0.1) is 24.0 Å². The molecule has 0 atom stereocenters. The first kappa shape index (κ1) is 19.0. The highest BCUT2D eigenvalue weighted by molar-refractivity contribution is 14.0. The van der Waals surface area contributed by atoms with Crippen LogP contribution in [0.1, 0.15) is 34.1 Å². The molecule has 0 aliphatic carbocycles. The highest BCUT2D eigenvalue weighted by Gasteiger charge is 2.30. The number of guanidine groups is 1. The molecule has 1 N–H and O–H groups in total. The molecule has 4 nitrogen and oxygen atoms in total. The van der Waals surface area contributed by atoms with Gasteiger partial charge in [0.1, 0.15) is 0 Å². The second kappa shape index (κ2) is 8.29. The molecule has 0 aromatic carbocycles. The van der Waals surface area contributed by atoms with Crippen LogP contribution in [0.5, 0.6) is 0 Å². The summed E-state index contributed by atoms with van der Waals surface area (Å²) in [7, 11) is 4.04. The lowest BCUT2D eigenvalue weighted by Crippen LogP contribution is -2.44. The average Bonchev–Trinajstić information content (AvgIpc) is 2.64. The summed E-state index contributed by atoms with van der Waals surface area (Å²) in [4.78, 5) is 9.10. The molecule has 1 aliphatic rings. The van der Waals surface area contributed by atoms with Crippen molar-refractivity contribution < 1.29 is 0 Å². The fourth-order valence-corrected chi connectivity index (χ4v) is 2.23. The molecule has 1 heterocycles. The first-order valence-electron chi connectivity index (χ1n) is 7.01. The molecule has 0 saturated carbocycles. The van der Waals surface area contributed by atoms with Gasteiger partial charge in [-0.25, -0.2) is 0 Å². The maximum atomic E-state index is 4.39. The minimum atomic E-state index is 0. The van der Waals surface area contributed by atoms with Crippen molar-refractivity contribution in [2.75, 3.05) is 40.3 Å². The maximum Gasteiger partial charge on any atom is 0.193 e. The van der Waals surface area contributed by atoms with E-state index in [1.807, 2.05) is 7.05 Å². The third-order valence-corrected chi connectivity index (χ3v) is 3.82. The minimum Gasteiger partial charge on any atom is -0.355 e. The van der Waals surface area contributed by atoms with Crippen LogP contribution in [0, 0.1) is 5.41 Å². The van der Waals surface area contributed by atoms with Crippen LogP contribution in [0.15, 0.2) is 4.99 Å². The Bertz CT molecular complexity index is 289. The Hall–Kier alpha value is -0.0400. The van der Waals surface area contributed by atoms with Crippen molar-refractivity contribution >= 4 is 29.9 Å². The van der Waals surface area contributed by atoms with Crippen LogP contribution >= 0.6 is 24.0 Å². The van der Waals surface area contributed by atoms with E-state index < -0.39 is 0 Å². The Labute approximate surface area is 136 Å². The Balaban J connectivity index is 0.00000324. The number of hydrogen-bond acceptors (Lipinski definition) is 2. The zero-order chi connectivity index (χ0) is 13.8. The largest absolute Gasteiger partial charge is 0.355 e. The van der Waals surface area contributed by atoms with Gasteiger partial charge in [-0.1, -0.05) is 13.8 Å². The predicted molar refractivity (Wildman–Crippen MR) is 94.5 cm³/mol. The molecule has 0 radical (unpaired) electrons. The number of likely N-dealkylation sites (N-methyl/N-ethyl adjacent to an activating group) is 1. The normalized spacial score (nSPS) is 18.9. The second-order valence-electron chi connectivity index (χ2n) is 6.38. The van der Waals surface area contributed by atoms with Crippen molar-refractivity contribution in [3.05, 3.63) is 0 Å². The molecule has 1 saturated heterocycles. The molecular formula is C14H31IN4. The average molecular weight is 382 g/mol. The van der Waals surface area contributed by atoms with Crippen LogP contribution in [-0.4, -0.2) is 62.1 Å². The molecule has 19 heavy (non-hydrogen) atoms. The molecule has 0 spiro atoms. The summed E-state index contributed by atoms with van der Waals surface area (Å²) in [5.74, 6) is 1.05. The molecule has 0 aromatic rings. The minimum absolute atomic E-state index is 0. The first-order valence-corrected chi connectivity index (χ1v) is 7.01. The molecule has 114 valence electrons. The summed E-state index contributed by atoms with van der Waals surface area (Å²) < 4.78 is 0. The number of hydrogen-bond donors (Lipinski definition) is 1. The summed E-state index contributed by atoms with van der Waals surface area (Å²) in [6, 6.07) is 0.597. The van der Waals surface area contributed by atoms with E-state index in [0.29, 0.717) is 11.5 Å². The Morgan fingerprint density at radius 1 is 1.42 bits per heavy atom. The smallest absolute Gasteiger partial charge is 0.193 e. The van der Waals surface area contributed by atoms with Crippen LogP contribution in [0.4, 0.5) is 0 Å². The predicted octanol–water partition coefficient (Wildman–Crippen LogP) is 2.25. The Morgan fingerprint density at radius 3 is 2.47 bits per heavy atom. The molecular weight excluding hydrogens is 351 g/mol. The molecule has 5 heteroatoms. The van der Waals surface area contributed by atoms with Crippen LogP contribution in [-0.2, 0) is 0 Å². The fourth-order valence-electron chi connectivity index (χ4n) is 2.23. The van der Waals surface area contributed by atoms with Gasteiger partial charge in [-0.05, 0) is 32.7 Å². The Kier molecular flexibility index (Phi) is 8.27. The lowest BCUT2D eigenvalue weighted by molar-refractivity contribution is 0.276. The van der Waals surface area contributed by atoms with Crippen LogP contribution in [0.25, 0.3) is 0 Å². The summed E-state index contributed by atoms with van der Waals surface area (Å²) >= 11 is 0. The lowest BCUT2D eigenvalue weighted by Gasteiger charge is -2.25. The van der Waals surface area contributed by atoms with E-state index in [1.165, 1.54) is 6.42 Å². The highest BCUT2D eigenvalue weighted by Crippen LogP contribution is 2.28. The van der Waals surface area contributed by atoms with E-state index in [4.69, 9.17) is 0 Å². The van der Waals surface area contributed by atoms with E-state index >= 15 is 0 Å². The fraction of sp³-hybridized carbons (Fsp3) is 0.929. The third kappa shape index (κ3) is 6.29. The number of aliphatic imine (C=N–C) groups is 1. The molecule has 0 bridgehead atoms. The summed E-state index contributed by atoms with van der Waals surface area (Å²) in [6.45, 7) is 13.3. The zero-order valence-electron chi connectivity index (χ0n) is 13.4. The maximum absolute atomic E-state index is 4.39. The second-order valence-corrected chi connectivity index (χ2v) is 6.38. The van der Waals surface area contributed by atoms with Gasteiger partial charge in [0.15, 0.2) is 5.96 Å². The van der Waals surface area contributed by atoms with E-state index in [2.05, 4.69) is 54.9 Å². The SMILES string of the molecule is CN=C(NCCN(C)C(C)C)N1CCC(C)(C)C1.I. The van der Waals surface area contributed by atoms with Crippen molar-refractivity contribution in [1.82, 2.24) is 15.1 Å². The van der Waals surface area contributed by atoms with Gasteiger partial charge in [0.25, 0.3) is 0 Å². The standard InChI is InChI=1S/C14H30N4.HI/c1-12(2)17(6)10-8-16-13(15-5)18-9-7-14(3,4)11-18;/h12H,7-11H2,1-6H3,(H,15,16);1H. The van der Waals surface area contributed by atoms with Crippen molar-refractivity contribution in [3.8, 4) is 0 Å². The number of rotatable bonds is 4. The van der Waals surface area contributed by atoms with E-state index in [9.17, 15) is 0 Å². The number of likely N-dealkylation sites (tertiary alicyclic amines) is 1. The van der Waals surface area contributed by atoms with Gasteiger partial charge in [0.2, 0.25) is 0 Å². The molecule has 1 rings (SSSR count). The van der Waals surface area contributed by atoms with Gasteiger partial charge < -0.3 is 15.1 Å². The molecule has 0 aromatic heterocycles. The van der Waals surface area contributed by atoms with Gasteiger partial charge in [-0.2, -0.15) is 0 Å². The molecule has 1 fully saturated rings. The van der Waals surface area contributed by atoms with Crippen molar-refractivity contribution in [3.63, 3.8) is 0 Å². The summed E-state index contributed by atoms with van der Waals surface area (Å²) in [5, 5.41) is 3.47. The molecule has 0 amide bonds. The molecule has 1 aliphatic heterocycles. The first-order chi connectivity index (χ1) is 8.35. The van der Waals surface area contributed by atoms with Crippen LogP contribution in [0.3, 0.4) is 0 Å². The highest BCUT2D eigenvalue weighted by atomic mass is 127. The topological polar surface area (TPSA) is 30.9 Å².